The molecule has 1 fully saturated rings. The molecule has 0 aromatic heterocycles. The average Bonchev–Trinajstić information content (AvgIpc) is 2.90. The summed E-state index contributed by atoms with van der Waals surface area (Å²) in [5.41, 5.74) is 1.25. The van der Waals surface area contributed by atoms with E-state index >= 15 is 0 Å². The summed E-state index contributed by atoms with van der Waals surface area (Å²) in [6.07, 6.45) is 3.82. The summed E-state index contributed by atoms with van der Waals surface area (Å²) in [7, 11) is 0. The van der Waals surface area contributed by atoms with Crippen LogP contribution in [0.1, 0.15) is 30.1 Å². The second-order valence-corrected chi connectivity index (χ2v) is 5.30. The lowest BCUT2D eigenvalue weighted by molar-refractivity contribution is 0.0206. The third kappa shape index (κ3) is 3.61. The van der Waals surface area contributed by atoms with E-state index in [2.05, 4.69) is 17.2 Å². The first kappa shape index (κ1) is 14.6. The number of hydrogen-bond acceptors (Lipinski definition) is 3. The SMILES string of the molecule is C=CCNc1ccccc1C(=O)NC[C@@]1(C)CCCO1. The van der Waals surface area contributed by atoms with Gasteiger partial charge in [-0.25, -0.2) is 0 Å². The first-order chi connectivity index (χ1) is 9.64. The normalized spacial score (nSPS) is 21.4. The van der Waals surface area contributed by atoms with E-state index in [0.29, 0.717) is 18.7 Å². The van der Waals surface area contributed by atoms with Crippen molar-refractivity contribution in [2.45, 2.75) is 25.4 Å². The van der Waals surface area contributed by atoms with Crippen LogP contribution in [-0.4, -0.2) is 31.2 Å². The molecule has 1 aliphatic rings. The third-order valence-corrected chi connectivity index (χ3v) is 3.53. The fourth-order valence-corrected chi connectivity index (χ4v) is 2.36. The van der Waals surface area contributed by atoms with Gasteiger partial charge in [0.05, 0.1) is 11.2 Å². The topological polar surface area (TPSA) is 50.4 Å². The number of carbonyl (C=O) groups excluding carboxylic acids is 1. The van der Waals surface area contributed by atoms with Crippen LogP contribution in [0.5, 0.6) is 0 Å². The summed E-state index contributed by atoms with van der Waals surface area (Å²) >= 11 is 0. The second kappa shape index (κ2) is 6.57. The molecule has 2 N–H and O–H groups in total. The molecule has 4 heteroatoms. The summed E-state index contributed by atoms with van der Waals surface area (Å²) in [4.78, 5) is 12.3. The molecule has 1 atom stereocenters. The summed E-state index contributed by atoms with van der Waals surface area (Å²) in [5.74, 6) is -0.0751. The Hall–Kier alpha value is -1.81. The van der Waals surface area contributed by atoms with Crippen LogP contribution in [-0.2, 0) is 4.74 Å². The summed E-state index contributed by atoms with van der Waals surface area (Å²) in [6.45, 7) is 7.67. The van der Waals surface area contributed by atoms with Crippen LogP contribution in [0.15, 0.2) is 36.9 Å². The Labute approximate surface area is 120 Å². The number of anilines is 1. The molecular weight excluding hydrogens is 252 g/mol. The molecule has 0 bridgehead atoms. The molecule has 0 unspecified atom stereocenters. The number of para-hydroxylation sites is 1. The van der Waals surface area contributed by atoms with E-state index in [1.165, 1.54) is 0 Å². The zero-order valence-corrected chi connectivity index (χ0v) is 11.9. The van der Waals surface area contributed by atoms with Gasteiger partial charge in [-0.3, -0.25) is 4.79 Å². The van der Waals surface area contributed by atoms with Crippen LogP contribution in [0, 0.1) is 0 Å². The maximum Gasteiger partial charge on any atom is 0.253 e. The predicted molar refractivity (Wildman–Crippen MR) is 81.1 cm³/mol. The van der Waals surface area contributed by atoms with Crippen LogP contribution < -0.4 is 10.6 Å². The smallest absolute Gasteiger partial charge is 0.253 e. The van der Waals surface area contributed by atoms with Gasteiger partial charge in [-0.15, -0.1) is 6.58 Å². The van der Waals surface area contributed by atoms with Gasteiger partial charge in [0, 0.05) is 25.4 Å². The van der Waals surface area contributed by atoms with Crippen LogP contribution >= 0.6 is 0 Å². The molecule has 1 heterocycles. The molecule has 1 aliphatic heterocycles. The monoisotopic (exact) mass is 274 g/mol. The van der Waals surface area contributed by atoms with E-state index in [1.807, 2.05) is 31.2 Å². The van der Waals surface area contributed by atoms with E-state index in [0.717, 1.165) is 25.1 Å². The summed E-state index contributed by atoms with van der Waals surface area (Å²) in [6, 6.07) is 7.48. The molecule has 1 aromatic rings. The number of ether oxygens (including phenoxy) is 1. The highest BCUT2D eigenvalue weighted by atomic mass is 16.5. The third-order valence-electron chi connectivity index (χ3n) is 3.53. The Morgan fingerprint density at radius 1 is 1.50 bits per heavy atom. The largest absolute Gasteiger partial charge is 0.381 e. The summed E-state index contributed by atoms with van der Waals surface area (Å²) < 4.78 is 5.68. The van der Waals surface area contributed by atoms with Crippen LogP contribution in [0.2, 0.25) is 0 Å². The molecular formula is C16H22N2O2. The Morgan fingerprint density at radius 2 is 2.30 bits per heavy atom. The molecule has 2 rings (SSSR count). The minimum absolute atomic E-state index is 0.0751. The number of nitrogens with one attached hydrogen (secondary N) is 2. The Kier molecular flexibility index (Phi) is 4.79. The highest BCUT2D eigenvalue weighted by Gasteiger charge is 2.30. The zero-order chi connectivity index (χ0) is 14.4. The maximum absolute atomic E-state index is 12.3. The average molecular weight is 274 g/mol. The molecule has 20 heavy (non-hydrogen) atoms. The number of hydrogen-bond donors (Lipinski definition) is 2. The fraction of sp³-hybridized carbons (Fsp3) is 0.438. The van der Waals surface area contributed by atoms with Gasteiger partial charge < -0.3 is 15.4 Å². The lowest BCUT2D eigenvalue weighted by atomic mass is 10.0. The highest BCUT2D eigenvalue weighted by Crippen LogP contribution is 2.24. The lowest BCUT2D eigenvalue weighted by Crippen LogP contribution is -2.40. The van der Waals surface area contributed by atoms with Crippen molar-refractivity contribution in [3.05, 3.63) is 42.5 Å². The standard InChI is InChI=1S/C16H22N2O2/c1-3-10-17-14-8-5-4-7-13(14)15(19)18-12-16(2)9-6-11-20-16/h3-5,7-8,17H,1,6,9-12H2,2H3,(H,18,19)/t16-/m1/s1. The van der Waals surface area contributed by atoms with Gasteiger partial charge in [-0.1, -0.05) is 18.2 Å². The molecule has 1 aromatic carbocycles. The van der Waals surface area contributed by atoms with Crippen molar-refractivity contribution in [2.24, 2.45) is 0 Å². The Bertz CT molecular complexity index is 479. The van der Waals surface area contributed by atoms with E-state index in [4.69, 9.17) is 4.74 Å². The zero-order valence-electron chi connectivity index (χ0n) is 11.9. The van der Waals surface area contributed by atoms with Gasteiger partial charge in [0.1, 0.15) is 0 Å². The quantitative estimate of drug-likeness (QED) is 0.784. The minimum atomic E-state index is -0.223. The van der Waals surface area contributed by atoms with Gasteiger partial charge in [0.15, 0.2) is 0 Å². The van der Waals surface area contributed by atoms with E-state index in [9.17, 15) is 4.79 Å². The van der Waals surface area contributed by atoms with E-state index in [-0.39, 0.29) is 11.5 Å². The molecule has 0 aliphatic carbocycles. The van der Waals surface area contributed by atoms with Crippen molar-refractivity contribution < 1.29 is 9.53 Å². The van der Waals surface area contributed by atoms with Gasteiger partial charge >= 0.3 is 0 Å². The lowest BCUT2D eigenvalue weighted by Gasteiger charge is -2.23. The van der Waals surface area contributed by atoms with Crippen molar-refractivity contribution >= 4 is 11.6 Å². The van der Waals surface area contributed by atoms with Crippen molar-refractivity contribution in [1.29, 1.82) is 0 Å². The fourth-order valence-electron chi connectivity index (χ4n) is 2.36. The molecule has 108 valence electrons. The highest BCUT2D eigenvalue weighted by molar-refractivity contribution is 5.99. The number of benzene rings is 1. The van der Waals surface area contributed by atoms with Gasteiger partial charge in [0.2, 0.25) is 0 Å². The minimum Gasteiger partial charge on any atom is -0.381 e. The van der Waals surface area contributed by atoms with Gasteiger partial charge in [-0.2, -0.15) is 0 Å². The number of carbonyl (C=O) groups is 1. The molecule has 0 saturated carbocycles. The van der Waals surface area contributed by atoms with E-state index in [1.54, 1.807) is 6.08 Å². The van der Waals surface area contributed by atoms with Crippen LogP contribution in [0.25, 0.3) is 0 Å². The predicted octanol–water partition coefficient (Wildman–Crippen LogP) is 2.58. The van der Waals surface area contributed by atoms with Crippen LogP contribution in [0.3, 0.4) is 0 Å². The van der Waals surface area contributed by atoms with Crippen molar-refractivity contribution in [3.63, 3.8) is 0 Å². The molecule has 0 radical (unpaired) electrons. The second-order valence-electron chi connectivity index (χ2n) is 5.30. The molecule has 0 spiro atoms. The van der Waals surface area contributed by atoms with Crippen molar-refractivity contribution in [2.75, 3.05) is 25.0 Å². The Balaban J connectivity index is 1.99. The van der Waals surface area contributed by atoms with Crippen molar-refractivity contribution in [1.82, 2.24) is 5.32 Å². The molecule has 1 amide bonds. The van der Waals surface area contributed by atoms with Gasteiger partial charge in [-0.05, 0) is 31.9 Å². The first-order valence-corrected chi connectivity index (χ1v) is 7.00. The summed E-state index contributed by atoms with van der Waals surface area (Å²) in [5, 5.41) is 6.14. The van der Waals surface area contributed by atoms with E-state index < -0.39 is 0 Å². The maximum atomic E-state index is 12.3. The first-order valence-electron chi connectivity index (χ1n) is 7.00. The number of amides is 1. The van der Waals surface area contributed by atoms with Gasteiger partial charge in [0.25, 0.3) is 5.91 Å². The number of rotatable bonds is 6. The Morgan fingerprint density at radius 3 is 3.00 bits per heavy atom. The molecule has 1 saturated heterocycles. The molecule has 4 nitrogen and oxygen atoms in total. The van der Waals surface area contributed by atoms with Crippen molar-refractivity contribution in [3.8, 4) is 0 Å². The van der Waals surface area contributed by atoms with Crippen LogP contribution in [0.4, 0.5) is 5.69 Å².